The van der Waals surface area contributed by atoms with E-state index in [4.69, 9.17) is 11.6 Å². The third-order valence-electron chi connectivity index (χ3n) is 5.79. The maximum Gasteiger partial charge on any atom is 0.199 e. The summed E-state index contributed by atoms with van der Waals surface area (Å²) in [6.45, 7) is 2.04. The predicted molar refractivity (Wildman–Crippen MR) is 116 cm³/mol. The molecule has 1 heterocycles. The third kappa shape index (κ3) is 3.27. The molecule has 3 aromatic rings. The van der Waals surface area contributed by atoms with E-state index in [-0.39, 0.29) is 0 Å². The number of nitrogens with zero attached hydrogens (tertiary/aromatic N) is 1. The average molecular weight is 416 g/mol. The molecule has 0 fully saturated rings. The molecule has 1 unspecified atom stereocenters. The van der Waals surface area contributed by atoms with Crippen LogP contribution in [0.25, 0.3) is 10.9 Å². The molecule has 0 N–H and O–H groups in total. The van der Waals surface area contributed by atoms with Gasteiger partial charge in [-0.2, -0.15) is 0 Å². The van der Waals surface area contributed by atoms with Crippen LogP contribution in [-0.4, -0.2) is 13.0 Å². The first-order valence-electron chi connectivity index (χ1n) is 10.1. The van der Waals surface area contributed by atoms with E-state index in [1.54, 1.807) is 24.3 Å². The molecule has 0 amide bonds. The van der Waals surface area contributed by atoms with Gasteiger partial charge in [0, 0.05) is 11.1 Å². The molecule has 1 aliphatic carbocycles. The molecule has 5 heteroatoms. The van der Waals surface area contributed by atoms with Crippen LogP contribution in [0.1, 0.15) is 55.7 Å². The molecule has 2 aromatic carbocycles. The van der Waals surface area contributed by atoms with Gasteiger partial charge in [-0.3, -0.25) is 0 Å². The van der Waals surface area contributed by atoms with Crippen molar-refractivity contribution in [3.8, 4) is 0 Å². The standard InChI is InChI=1S/C23H26ClNO2S/c1-2-10-22(28(26,27)17-11-5-3-6-12-17)25-21-16-8-4-7-13-18(21)19-14-9-15-20(24)23(19)25/h3,5-6,9,11-12,14-15,22H,2,4,7-8,10,13,16H2,1H3. The molecule has 148 valence electrons. The smallest absolute Gasteiger partial charge is 0.199 e. The molecule has 1 aliphatic rings. The minimum atomic E-state index is -3.54. The molecule has 1 aromatic heterocycles. The van der Waals surface area contributed by atoms with Crippen LogP contribution < -0.4 is 0 Å². The lowest BCUT2D eigenvalue weighted by atomic mass is 10.1. The SMILES string of the molecule is CCCC(n1c2c(c3cccc(Cl)c31)CCCCC2)S(=O)(=O)c1ccccc1. The van der Waals surface area contributed by atoms with Gasteiger partial charge in [0.05, 0.1) is 15.4 Å². The fourth-order valence-corrected chi connectivity index (χ4v) is 6.69. The van der Waals surface area contributed by atoms with E-state index < -0.39 is 15.2 Å². The summed E-state index contributed by atoms with van der Waals surface area (Å²) >= 11 is 6.65. The molecule has 0 saturated carbocycles. The van der Waals surface area contributed by atoms with Crippen molar-refractivity contribution in [3.63, 3.8) is 0 Å². The van der Waals surface area contributed by atoms with Crippen molar-refractivity contribution >= 4 is 32.3 Å². The molecule has 1 atom stereocenters. The molecule has 3 nitrogen and oxygen atoms in total. The Morgan fingerprint density at radius 1 is 1.00 bits per heavy atom. The number of rotatable bonds is 5. The molecular weight excluding hydrogens is 390 g/mol. The Bertz CT molecular complexity index is 1090. The first-order valence-corrected chi connectivity index (χ1v) is 12.1. The zero-order valence-corrected chi connectivity index (χ0v) is 17.8. The number of sulfone groups is 1. The Hall–Kier alpha value is -1.78. The predicted octanol–water partition coefficient (Wildman–Crippen LogP) is 6.34. The molecule has 0 aliphatic heterocycles. The highest BCUT2D eigenvalue weighted by Gasteiger charge is 2.33. The number of aromatic nitrogens is 1. The summed E-state index contributed by atoms with van der Waals surface area (Å²) in [5, 5.41) is 1.12. The maximum absolute atomic E-state index is 13.7. The highest BCUT2D eigenvalue weighted by atomic mass is 35.5. The molecule has 4 rings (SSSR count). The van der Waals surface area contributed by atoms with E-state index in [9.17, 15) is 8.42 Å². The van der Waals surface area contributed by atoms with E-state index in [0.29, 0.717) is 16.3 Å². The highest BCUT2D eigenvalue weighted by molar-refractivity contribution is 7.91. The first kappa shape index (κ1) is 19.5. The lowest BCUT2D eigenvalue weighted by Gasteiger charge is -2.23. The summed E-state index contributed by atoms with van der Waals surface area (Å²) < 4.78 is 29.4. The Morgan fingerprint density at radius 2 is 1.75 bits per heavy atom. The fraction of sp³-hybridized carbons (Fsp3) is 0.391. The zero-order chi connectivity index (χ0) is 19.7. The number of aryl methyl sites for hydroxylation is 1. The van der Waals surface area contributed by atoms with Gasteiger partial charge in [0.25, 0.3) is 0 Å². The number of fused-ring (bicyclic) bond motifs is 3. The van der Waals surface area contributed by atoms with Crippen molar-refractivity contribution in [1.29, 1.82) is 0 Å². The summed E-state index contributed by atoms with van der Waals surface area (Å²) in [5.74, 6) is 0. The van der Waals surface area contributed by atoms with Gasteiger partial charge in [0.15, 0.2) is 9.84 Å². The van der Waals surface area contributed by atoms with Crippen molar-refractivity contribution in [3.05, 3.63) is 64.8 Å². The first-order chi connectivity index (χ1) is 13.6. The fourth-order valence-electron chi connectivity index (χ4n) is 4.52. The van der Waals surface area contributed by atoms with Gasteiger partial charge in [-0.15, -0.1) is 0 Å². The van der Waals surface area contributed by atoms with Crippen molar-refractivity contribution in [1.82, 2.24) is 4.57 Å². The lowest BCUT2D eigenvalue weighted by Crippen LogP contribution is -2.22. The largest absolute Gasteiger partial charge is 0.325 e. The summed E-state index contributed by atoms with van der Waals surface area (Å²) in [7, 11) is -3.54. The molecular formula is C23H26ClNO2S. The van der Waals surface area contributed by atoms with Gasteiger partial charge >= 0.3 is 0 Å². The van der Waals surface area contributed by atoms with Gasteiger partial charge in [-0.1, -0.05) is 61.7 Å². The topological polar surface area (TPSA) is 39.1 Å². The van der Waals surface area contributed by atoms with Crippen LogP contribution >= 0.6 is 11.6 Å². The van der Waals surface area contributed by atoms with E-state index in [0.717, 1.165) is 43.0 Å². The average Bonchev–Trinajstić information content (AvgIpc) is 2.85. The summed E-state index contributed by atoms with van der Waals surface area (Å²) in [6, 6.07) is 14.8. The van der Waals surface area contributed by atoms with Crippen LogP contribution in [0.2, 0.25) is 5.02 Å². The van der Waals surface area contributed by atoms with E-state index >= 15 is 0 Å². The van der Waals surface area contributed by atoms with Crippen LogP contribution in [-0.2, 0) is 22.7 Å². The minimum absolute atomic E-state index is 0.379. The second-order valence-electron chi connectivity index (χ2n) is 7.59. The van der Waals surface area contributed by atoms with Gasteiger partial charge in [0.1, 0.15) is 5.37 Å². The highest BCUT2D eigenvalue weighted by Crippen LogP contribution is 2.41. The molecule has 0 spiro atoms. The van der Waals surface area contributed by atoms with Crippen molar-refractivity contribution in [2.45, 2.75) is 62.1 Å². The van der Waals surface area contributed by atoms with E-state index in [1.165, 1.54) is 17.7 Å². The molecule has 0 bridgehead atoms. The van der Waals surface area contributed by atoms with Crippen LogP contribution in [0, 0.1) is 0 Å². The minimum Gasteiger partial charge on any atom is -0.325 e. The van der Waals surface area contributed by atoms with Crippen LogP contribution in [0.4, 0.5) is 0 Å². The summed E-state index contributed by atoms with van der Waals surface area (Å²) in [6.07, 6.45) is 6.66. The molecule has 28 heavy (non-hydrogen) atoms. The van der Waals surface area contributed by atoms with Gasteiger partial charge < -0.3 is 4.57 Å². The van der Waals surface area contributed by atoms with Crippen LogP contribution in [0.5, 0.6) is 0 Å². The quantitative estimate of drug-likeness (QED) is 0.456. The second kappa shape index (κ2) is 7.92. The summed E-state index contributed by atoms with van der Waals surface area (Å²) in [4.78, 5) is 0.379. The number of hydrogen-bond donors (Lipinski definition) is 0. The zero-order valence-electron chi connectivity index (χ0n) is 16.2. The van der Waals surface area contributed by atoms with Crippen LogP contribution in [0.3, 0.4) is 0 Å². The van der Waals surface area contributed by atoms with Crippen molar-refractivity contribution in [2.75, 3.05) is 0 Å². The molecule has 0 saturated heterocycles. The normalized spacial score (nSPS) is 15.9. The Kier molecular flexibility index (Phi) is 5.52. The Labute approximate surface area is 172 Å². The van der Waals surface area contributed by atoms with Gasteiger partial charge in [-0.25, -0.2) is 8.42 Å². The third-order valence-corrected chi connectivity index (χ3v) is 8.18. The number of hydrogen-bond acceptors (Lipinski definition) is 2. The monoisotopic (exact) mass is 415 g/mol. The Morgan fingerprint density at radius 3 is 2.50 bits per heavy atom. The lowest BCUT2D eigenvalue weighted by molar-refractivity contribution is 0.521. The number of benzene rings is 2. The summed E-state index contributed by atoms with van der Waals surface area (Å²) in [5.41, 5.74) is 3.34. The van der Waals surface area contributed by atoms with E-state index in [1.807, 2.05) is 25.1 Å². The van der Waals surface area contributed by atoms with Gasteiger partial charge in [0.2, 0.25) is 0 Å². The van der Waals surface area contributed by atoms with Crippen molar-refractivity contribution < 1.29 is 8.42 Å². The Balaban J connectivity index is 2.01. The second-order valence-corrected chi connectivity index (χ2v) is 10.1. The maximum atomic E-state index is 13.7. The van der Waals surface area contributed by atoms with E-state index in [2.05, 4.69) is 10.6 Å². The van der Waals surface area contributed by atoms with Crippen LogP contribution in [0.15, 0.2) is 53.4 Å². The molecule has 0 radical (unpaired) electrons. The number of para-hydroxylation sites is 1. The van der Waals surface area contributed by atoms with Crippen molar-refractivity contribution in [2.24, 2.45) is 0 Å². The van der Waals surface area contributed by atoms with Gasteiger partial charge in [-0.05, 0) is 55.9 Å². The number of halogens is 1.